The molecule has 0 saturated carbocycles. The molecule has 1 aliphatic heterocycles. The van der Waals surface area contributed by atoms with Gasteiger partial charge in [0, 0.05) is 13.2 Å². The van der Waals surface area contributed by atoms with Crippen LogP contribution in [0.2, 0.25) is 0 Å². The van der Waals surface area contributed by atoms with E-state index in [4.69, 9.17) is 10.6 Å². The third kappa shape index (κ3) is 1.93. The molecule has 0 aromatic heterocycles. The minimum atomic E-state index is 0.352. The van der Waals surface area contributed by atoms with Crippen LogP contribution < -0.4 is 11.3 Å². The van der Waals surface area contributed by atoms with Gasteiger partial charge in [-0.05, 0) is 12.3 Å². The van der Waals surface area contributed by atoms with Crippen LogP contribution in [-0.2, 0) is 4.74 Å². The van der Waals surface area contributed by atoms with Gasteiger partial charge in [0.2, 0.25) is 0 Å². The summed E-state index contributed by atoms with van der Waals surface area (Å²) in [6, 6.07) is 0. The van der Waals surface area contributed by atoms with Gasteiger partial charge in [-0.2, -0.15) is 0 Å². The molecule has 2 atom stereocenters. The predicted octanol–water partition coefficient (Wildman–Crippen LogP) is -0.125. The summed E-state index contributed by atoms with van der Waals surface area (Å²) in [6.07, 6.45) is 1.49. The molecule has 0 unspecified atom stereocenters. The Bertz CT molecular complexity index is 85.1. The Hall–Kier alpha value is -0.120. The van der Waals surface area contributed by atoms with E-state index < -0.39 is 0 Å². The van der Waals surface area contributed by atoms with E-state index in [0.29, 0.717) is 12.0 Å². The Kier molecular flexibility index (Phi) is 2.45. The topological polar surface area (TPSA) is 47.3 Å². The van der Waals surface area contributed by atoms with Crippen molar-refractivity contribution >= 4 is 0 Å². The van der Waals surface area contributed by atoms with Crippen LogP contribution in [0.1, 0.15) is 13.3 Å². The maximum Gasteiger partial charge on any atom is 0.0716 e. The Balaban J connectivity index is 2.14. The van der Waals surface area contributed by atoms with Crippen molar-refractivity contribution in [1.29, 1.82) is 0 Å². The van der Waals surface area contributed by atoms with Crippen LogP contribution in [0, 0.1) is 5.92 Å². The Labute approximate surface area is 55.5 Å². The van der Waals surface area contributed by atoms with E-state index in [1.54, 1.807) is 0 Å². The van der Waals surface area contributed by atoms with Crippen molar-refractivity contribution in [3.63, 3.8) is 0 Å². The summed E-state index contributed by atoms with van der Waals surface area (Å²) in [5.74, 6) is 5.84. The number of nitrogens with two attached hydrogens (primary N) is 1. The first-order chi connectivity index (χ1) is 4.33. The van der Waals surface area contributed by atoms with Gasteiger partial charge in [0.05, 0.1) is 6.10 Å². The van der Waals surface area contributed by atoms with Crippen molar-refractivity contribution in [2.24, 2.45) is 11.8 Å². The Morgan fingerprint density at radius 1 is 1.78 bits per heavy atom. The summed E-state index contributed by atoms with van der Waals surface area (Å²) in [4.78, 5) is 0. The zero-order chi connectivity index (χ0) is 6.69. The number of hydrazine groups is 1. The standard InChI is InChI=1S/C6H14N2O/c1-5-2-6(3-8-7)9-4-5/h5-6,8H,2-4,7H2,1H3/t5-,6-/m1/s1. The van der Waals surface area contributed by atoms with Crippen molar-refractivity contribution in [3.05, 3.63) is 0 Å². The number of hydrogen-bond donors (Lipinski definition) is 2. The fourth-order valence-electron chi connectivity index (χ4n) is 1.16. The number of nitrogens with one attached hydrogen (secondary N) is 1. The fourth-order valence-corrected chi connectivity index (χ4v) is 1.16. The van der Waals surface area contributed by atoms with Gasteiger partial charge >= 0.3 is 0 Å². The van der Waals surface area contributed by atoms with Crippen LogP contribution in [-0.4, -0.2) is 19.3 Å². The first-order valence-electron chi connectivity index (χ1n) is 3.38. The Morgan fingerprint density at radius 3 is 3.00 bits per heavy atom. The molecule has 3 N–H and O–H groups in total. The number of hydrogen-bond acceptors (Lipinski definition) is 3. The molecule has 3 heteroatoms. The quantitative estimate of drug-likeness (QED) is 0.404. The molecule has 0 bridgehead atoms. The molecule has 1 aliphatic rings. The third-order valence-corrected chi connectivity index (χ3v) is 1.63. The molecular formula is C6H14N2O. The van der Waals surface area contributed by atoms with Crippen LogP contribution in [0.5, 0.6) is 0 Å². The first kappa shape index (κ1) is 6.99. The largest absolute Gasteiger partial charge is 0.377 e. The lowest BCUT2D eigenvalue weighted by Crippen LogP contribution is -2.31. The normalized spacial score (nSPS) is 35.3. The van der Waals surface area contributed by atoms with Gasteiger partial charge in [0.15, 0.2) is 0 Å². The average Bonchev–Trinajstić information content (AvgIpc) is 2.17. The van der Waals surface area contributed by atoms with E-state index in [0.717, 1.165) is 19.6 Å². The molecule has 1 fully saturated rings. The van der Waals surface area contributed by atoms with Crippen molar-refractivity contribution in [3.8, 4) is 0 Å². The molecule has 0 aromatic rings. The highest BCUT2D eigenvalue weighted by atomic mass is 16.5. The smallest absolute Gasteiger partial charge is 0.0716 e. The number of ether oxygens (including phenoxy) is 1. The highest BCUT2D eigenvalue weighted by Gasteiger charge is 2.20. The molecule has 54 valence electrons. The molecule has 1 saturated heterocycles. The SMILES string of the molecule is C[C@H]1CO[C@@H](CNN)C1. The average molecular weight is 130 g/mol. The van der Waals surface area contributed by atoms with E-state index in [9.17, 15) is 0 Å². The van der Waals surface area contributed by atoms with Crippen LogP contribution >= 0.6 is 0 Å². The molecule has 1 heterocycles. The van der Waals surface area contributed by atoms with Gasteiger partial charge in [-0.25, -0.2) is 0 Å². The highest BCUT2D eigenvalue weighted by molar-refractivity contribution is 4.70. The lowest BCUT2D eigenvalue weighted by molar-refractivity contribution is 0.107. The predicted molar refractivity (Wildman–Crippen MR) is 35.7 cm³/mol. The molecule has 0 spiro atoms. The molecule has 0 amide bonds. The summed E-state index contributed by atoms with van der Waals surface area (Å²) in [5, 5.41) is 0. The first-order valence-corrected chi connectivity index (χ1v) is 3.38. The van der Waals surface area contributed by atoms with E-state index in [1.165, 1.54) is 0 Å². The minimum Gasteiger partial charge on any atom is -0.377 e. The minimum absolute atomic E-state index is 0.352. The highest BCUT2D eigenvalue weighted by Crippen LogP contribution is 2.17. The second kappa shape index (κ2) is 3.15. The maximum atomic E-state index is 5.36. The summed E-state index contributed by atoms with van der Waals surface area (Å²) in [7, 11) is 0. The van der Waals surface area contributed by atoms with Crippen molar-refractivity contribution in [2.75, 3.05) is 13.2 Å². The Morgan fingerprint density at radius 2 is 2.56 bits per heavy atom. The van der Waals surface area contributed by atoms with E-state index in [2.05, 4.69) is 12.3 Å². The summed E-state index contributed by atoms with van der Waals surface area (Å²) in [6.45, 7) is 3.87. The zero-order valence-electron chi connectivity index (χ0n) is 5.76. The lowest BCUT2D eigenvalue weighted by atomic mass is 10.1. The molecular weight excluding hydrogens is 116 g/mol. The van der Waals surface area contributed by atoms with Crippen LogP contribution in [0.25, 0.3) is 0 Å². The monoisotopic (exact) mass is 130 g/mol. The van der Waals surface area contributed by atoms with Crippen LogP contribution in [0.4, 0.5) is 0 Å². The molecule has 3 nitrogen and oxygen atoms in total. The molecule has 9 heavy (non-hydrogen) atoms. The maximum absolute atomic E-state index is 5.36. The number of rotatable bonds is 2. The van der Waals surface area contributed by atoms with Gasteiger partial charge in [-0.1, -0.05) is 6.92 Å². The molecule has 0 radical (unpaired) electrons. The van der Waals surface area contributed by atoms with Gasteiger partial charge in [-0.15, -0.1) is 0 Å². The summed E-state index contributed by atoms with van der Waals surface area (Å²) < 4.78 is 5.36. The second-order valence-electron chi connectivity index (χ2n) is 2.70. The summed E-state index contributed by atoms with van der Waals surface area (Å²) in [5.41, 5.74) is 2.61. The van der Waals surface area contributed by atoms with Crippen molar-refractivity contribution < 1.29 is 4.74 Å². The fraction of sp³-hybridized carbons (Fsp3) is 1.00. The second-order valence-corrected chi connectivity index (χ2v) is 2.70. The van der Waals surface area contributed by atoms with Gasteiger partial charge in [-0.3, -0.25) is 11.3 Å². The van der Waals surface area contributed by atoms with Crippen LogP contribution in [0.15, 0.2) is 0 Å². The van der Waals surface area contributed by atoms with Crippen molar-refractivity contribution in [2.45, 2.75) is 19.4 Å². The van der Waals surface area contributed by atoms with Gasteiger partial charge < -0.3 is 4.74 Å². The zero-order valence-corrected chi connectivity index (χ0v) is 5.76. The van der Waals surface area contributed by atoms with Gasteiger partial charge in [0.25, 0.3) is 0 Å². The van der Waals surface area contributed by atoms with E-state index in [-0.39, 0.29) is 0 Å². The van der Waals surface area contributed by atoms with Crippen molar-refractivity contribution in [1.82, 2.24) is 5.43 Å². The summed E-state index contributed by atoms with van der Waals surface area (Å²) >= 11 is 0. The van der Waals surface area contributed by atoms with Gasteiger partial charge in [0.1, 0.15) is 0 Å². The van der Waals surface area contributed by atoms with Crippen LogP contribution in [0.3, 0.4) is 0 Å². The molecule has 0 aliphatic carbocycles. The lowest BCUT2D eigenvalue weighted by Gasteiger charge is -2.05. The van der Waals surface area contributed by atoms with E-state index >= 15 is 0 Å². The third-order valence-electron chi connectivity index (χ3n) is 1.63. The van der Waals surface area contributed by atoms with E-state index in [1.807, 2.05) is 0 Å². The molecule has 0 aromatic carbocycles. The molecule has 1 rings (SSSR count).